The molecular weight excluding hydrogens is 504 g/mol. The number of aromatic amines is 1. The van der Waals surface area contributed by atoms with Crippen LogP contribution in [0.25, 0.3) is 11.4 Å². The fourth-order valence-electron chi connectivity index (χ4n) is 6.45. The van der Waals surface area contributed by atoms with Crippen LogP contribution in [0.4, 0.5) is 0 Å². The fourth-order valence-corrected chi connectivity index (χ4v) is 7.17. The summed E-state index contributed by atoms with van der Waals surface area (Å²) in [5.74, 6) is 1.91. The van der Waals surface area contributed by atoms with Crippen molar-refractivity contribution in [3.05, 3.63) is 88.1 Å². The Kier molecular flexibility index (Phi) is 8.16. The Morgan fingerprint density at radius 2 is 1.77 bits per heavy atom. The van der Waals surface area contributed by atoms with Gasteiger partial charge in [-0.05, 0) is 82.0 Å². The van der Waals surface area contributed by atoms with E-state index in [1.807, 2.05) is 11.3 Å². The zero-order valence-electron chi connectivity index (χ0n) is 22.5. The molecule has 2 atom stereocenters. The van der Waals surface area contributed by atoms with E-state index in [9.17, 15) is 5.11 Å². The number of rotatable bonds is 10. The first kappa shape index (κ1) is 26.3. The molecule has 7 nitrogen and oxygen atoms in total. The minimum atomic E-state index is -0.538. The molecule has 0 amide bonds. The lowest BCUT2D eigenvalue weighted by atomic mass is 9.84. The molecule has 0 aliphatic carbocycles. The Labute approximate surface area is 234 Å². The molecule has 0 saturated carbocycles. The highest BCUT2D eigenvalue weighted by atomic mass is 32.1. The number of aliphatic hydroxyl groups is 1. The second-order valence-corrected chi connectivity index (χ2v) is 12.2. The van der Waals surface area contributed by atoms with Gasteiger partial charge in [0.05, 0.1) is 5.60 Å². The molecule has 39 heavy (non-hydrogen) atoms. The summed E-state index contributed by atoms with van der Waals surface area (Å²) < 4.78 is 0. The molecule has 2 saturated heterocycles. The molecule has 2 aliphatic rings. The summed E-state index contributed by atoms with van der Waals surface area (Å²) in [5, 5.41) is 30.0. The number of aromatic nitrogens is 4. The molecule has 2 aromatic heterocycles. The maximum absolute atomic E-state index is 11.3. The van der Waals surface area contributed by atoms with E-state index >= 15 is 0 Å². The third kappa shape index (κ3) is 6.64. The quantitative estimate of drug-likeness (QED) is 0.294. The molecular formula is C31H38N6OS. The van der Waals surface area contributed by atoms with Crippen LogP contribution in [0.1, 0.15) is 48.3 Å². The largest absolute Gasteiger partial charge is 0.390 e. The van der Waals surface area contributed by atoms with Crippen LogP contribution < -0.4 is 0 Å². The normalized spacial score (nSPS) is 21.9. The van der Waals surface area contributed by atoms with Crippen LogP contribution in [0.2, 0.25) is 0 Å². The molecule has 6 rings (SSSR count). The van der Waals surface area contributed by atoms with Crippen LogP contribution >= 0.6 is 11.3 Å². The van der Waals surface area contributed by atoms with E-state index in [0.29, 0.717) is 17.7 Å². The molecule has 0 bridgehead atoms. The number of tetrazole rings is 1. The Morgan fingerprint density at radius 1 is 0.949 bits per heavy atom. The number of aryl methyl sites for hydroxylation is 1. The van der Waals surface area contributed by atoms with Crippen LogP contribution in [0, 0.1) is 5.92 Å². The predicted molar refractivity (Wildman–Crippen MR) is 155 cm³/mol. The van der Waals surface area contributed by atoms with Crippen molar-refractivity contribution in [2.75, 3.05) is 32.7 Å². The monoisotopic (exact) mass is 542 g/mol. The smallest absolute Gasteiger partial charge is 0.179 e. The molecule has 4 aromatic rings. The second kappa shape index (κ2) is 12.1. The number of benzene rings is 2. The topological polar surface area (TPSA) is 81.2 Å². The van der Waals surface area contributed by atoms with Crippen molar-refractivity contribution in [1.82, 2.24) is 30.4 Å². The molecule has 8 heteroatoms. The summed E-state index contributed by atoms with van der Waals surface area (Å²) in [4.78, 5) is 5.25. The maximum atomic E-state index is 11.3. The molecule has 0 spiro atoms. The number of thiophene rings is 1. The summed E-state index contributed by atoms with van der Waals surface area (Å²) in [6.45, 7) is 6.39. The van der Waals surface area contributed by atoms with Gasteiger partial charge in [-0.15, -0.1) is 5.10 Å². The van der Waals surface area contributed by atoms with Crippen molar-refractivity contribution in [3.63, 3.8) is 0 Å². The summed E-state index contributed by atoms with van der Waals surface area (Å²) in [5.41, 5.74) is 4.63. The van der Waals surface area contributed by atoms with Crippen molar-refractivity contribution in [1.29, 1.82) is 0 Å². The lowest BCUT2D eigenvalue weighted by Crippen LogP contribution is -2.46. The number of hydrogen-bond acceptors (Lipinski definition) is 7. The molecule has 2 fully saturated rings. The van der Waals surface area contributed by atoms with Crippen molar-refractivity contribution in [2.24, 2.45) is 5.92 Å². The van der Waals surface area contributed by atoms with Gasteiger partial charge in [0.15, 0.2) is 5.82 Å². The SMILES string of the molecule is OC1(CCCc2ccc(-c3nnn[nH]3)cc2)CCN(CC2CN(Cc3ccccc3)CC2c2ccsc2)CC1. The first-order valence-electron chi connectivity index (χ1n) is 14.2. The van der Waals surface area contributed by atoms with E-state index < -0.39 is 5.60 Å². The van der Waals surface area contributed by atoms with Gasteiger partial charge >= 0.3 is 0 Å². The first-order chi connectivity index (χ1) is 19.1. The number of nitrogens with one attached hydrogen (secondary N) is 1. The van der Waals surface area contributed by atoms with Gasteiger partial charge in [-0.1, -0.05) is 54.6 Å². The molecule has 2 aromatic carbocycles. The standard InChI is InChI=1S/C31H38N6OS/c38-31(13-4-7-24-8-10-26(11-9-24)30-32-34-35-33-30)14-16-36(17-15-31)20-28-21-37(19-25-5-2-1-3-6-25)22-29(28)27-12-18-39-23-27/h1-3,5-6,8-12,18,23,28-29,38H,4,7,13-17,19-22H2,(H,32,33,34,35). The summed E-state index contributed by atoms with van der Waals surface area (Å²) in [6.07, 6.45) is 4.57. The molecule has 2 aliphatic heterocycles. The average molecular weight is 543 g/mol. The van der Waals surface area contributed by atoms with Crippen molar-refractivity contribution in [3.8, 4) is 11.4 Å². The maximum Gasteiger partial charge on any atom is 0.179 e. The van der Waals surface area contributed by atoms with Gasteiger partial charge in [0.25, 0.3) is 0 Å². The Hall–Kier alpha value is -2.91. The number of piperidine rings is 1. The zero-order chi connectivity index (χ0) is 26.5. The third-order valence-electron chi connectivity index (χ3n) is 8.70. The van der Waals surface area contributed by atoms with Crippen molar-refractivity contribution >= 4 is 11.3 Å². The van der Waals surface area contributed by atoms with Crippen molar-refractivity contribution < 1.29 is 5.11 Å². The van der Waals surface area contributed by atoms with E-state index in [2.05, 4.69) is 102 Å². The lowest BCUT2D eigenvalue weighted by molar-refractivity contribution is -0.0316. The van der Waals surface area contributed by atoms with E-state index in [1.165, 1.54) is 16.7 Å². The molecule has 204 valence electrons. The van der Waals surface area contributed by atoms with Crippen LogP contribution in [-0.2, 0) is 13.0 Å². The highest BCUT2D eigenvalue weighted by Gasteiger charge is 2.37. The lowest BCUT2D eigenvalue weighted by Gasteiger charge is -2.39. The van der Waals surface area contributed by atoms with Crippen LogP contribution in [-0.4, -0.2) is 73.9 Å². The van der Waals surface area contributed by atoms with Gasteiger partial charge in [0.1, 0.15) is 0 Å². The van der Waals surface area contributed by atoms with Gasteiger partial charge in [-0.3, -0.25) is 4.90 Å². The number of likely N-dealkylation sites (tertiary alicyclic amines) is 2. The summed E-state index contributed by atoms with van der Waals surface area (Å²) >= 11 is 1.81. The third-order valence-corrected chi connectivity index (χ3v) is 9.40. The number of hydrogen-bond donors (Lipinski definition) is 2. The summed E-state index contributed by atoms with van der Waals surface area (Å²) in [6, 6.07) is 21.6. The summed E-state index contributed by atoms with van der Waals surface area (Å²) in [7, 11) is 0. The van der Waals surface area contributed by atoms with Gasteiger partial charge < -0.3 is 10.0 Å². The number of nitrogens with zero attached hydrogens (tertiary/aromatic N) is 5. The van der Waals surface area contributed by atoms with Gasteiger partial charge in [-0.25, -0.2) is 5.10 Å². The fraction of sp³-hybridized carbons (Fsp3) is 0.452. The van der Waals surface area contributed by atoms with E-state index in [1.54, 1.807) is 0 Å². The highest BCUT2D eigenvalue weighted by molar-refractivity contribution is 7.08. The van der Waals surface area contributed by atoms with Gasteiger partial charge in [-0.2, -0.15) is 11.3 Å². The van der Waals surface area contributed by atoms with Gasteiger partial charge in [0, 0.05) is 50.7 Å². The average Bonchev–Trinajstić information content (AvgIpc) is 3.74. The van der Waals surface area contributed by atoms with Crippen LogP contribution in [0.15, 0.2) is 71.4 Å². The zero-order valence-corrected chi connectivity index (χ0v) is 23.3. The van der Waals surface area contributed by atoms with Gasteiger partial charge in [0.2, 0.25) is 0 Å². The Balaban J connectivity index is 0.986. The predicted octanol–water partition coefficient (Wildman–Crippen LogP) is 4.99. The second-order valence-electron chi connectivity index (χ2n) is 11.4. The molecule has 0 radical (unpaired) electrons. The van der Waals surface area contributed by atoms with Crippen molar-refractivity contribution in [2.45, 2.75) is 50.2 Å². The molecule has 2 unspecified atom stereocenters. The van der Waals surface area contributed by atoms with E-state index in [0.717, 1.165) is 76.9 Å². The Morgan fingerprint density at radius 3 is 2.49 bits per heavy atom. The number of H-pyrrole nitrogens is 1. The Bertz CT molecular complexity index is 1270. The minimum absolute atomic E-state index is 0.538. The molecule has 2 N–H and O–H groups in total. The van der Waals surface area contributed by atoms with Crippen LogP contribution in [0.3, 0.4) is 0 Å². The van der Waals surface area contributed by atoms with E-state index in [-0.39, 0.29) is 0 Å². The minimum Gasteiger partial charge on any atom is -0.390 e. The van der Waals surface area contributed by atoms with E-state index in [4.69, 9.17) is 0 Å². The van der Waals surface area contributed by atoms with Crippen LogP contribution in [0.5, 0.6) is 0 Å². The molecule has 4 heterocycles. The highest BCUT2D eigenvalue weighted by Crippen LogP contribution is 2.36. The first-order valence-corrected chi connectivity index (χ1v) is 15.1.